The van der Waals surface area contributed by atoms with E-state index in [-0.39, 0.29) is 0 Å². The van der Waals surface area contributed by atoms with Crippen LogP contribution in [0.4, 0.5) is 4.79 Å². The molecule has 0 saturated heterocycles. The van der Waals surface area contributed by atoms with Crippen LogP contribution in [-0.2, 0) is 14.3 Å². The minimum absolute atomic E-state index is 0.702. The van der Waals surface area contributed by atoms with Crippen LogP contribution < -0.4 is 10.5 Å². The van der Waals surface area contributed by atoms with Gasteiger partial charge in [0.2, 0.25) is 0 Å². The molecule has 28 heavy (non-hydrogen) atoms. The van der Waals surface area contributed by atoms with E-state index >= 15 is 0 Å². The zero-order valence-electron chi connectivity index (χ0n) is 17.7. The van der Waals surface area contributed by atoms with Gasteiger partial charge in [0, 0.05) is 5.54 Å². The van der Waals surface area contributed by atoms with Crippen molar-refractivity contribution in [1.82, 2.24) is 5.32 Å². The first kappa shape index (κ1) is 24.1. The van der Waals surface area contributed by atoms with Gasteiger partial charge in [-0.3, -0.25) is 0 Å². The molecule has 0 unspecified atom stereocenters. The van der Waals surface area contributed by atoms with Gasteiger partial charge in [-0.1, -0.05) is 48.6 Å². The van der Waals surface area contributed by atoms with Gasteiger partial charge in [-0.2, -0.15) is 0 Å². The van der Waals surface area contributed by atoms with Crippen molar-refractivity contribution in [3.8, 4) is 0 Å². The average Bonchev–Trinajstić information content (AvgIpc) is 2.59. The van der Waals surface area contributed by atoms with Crippen molar-refractivity contribution < 1.29 is 29.3 Å². The molecule has 0 spiro atoms. The molecule has 158 valence electrons. The molecule has 0 radical (unpaired) electrons. The highest BCUT2D eigenvalue weighted by molar-refractivity contribution is 6.91. The highest BCUT2D eigenvalue weighted by Gasteiger charge is 2.48. The van der Waals surface area contributed by atoms with Gasteiger partial charge in [0.15, 0.2) is 0 Å². The molecule has 1 aromatic carbocycles. The first-order valence-corrected chi connectivity index (χ1v) is 12.4. The van der Waals surface area contributed by atoms with E-state index in [1.165, 1.54) is 14.0 Å². The second kappa shape index (κ2) is 9.53. The van der Waals surface area contributed by atoms with E-state index in [0.29, 0.717) is 0 Å². The highest BCUT2D eigenvalue weighted by atomic mass is 28.3. The van der Waals surface area contributed by atoms with Gasteiger partial charge < -0.3 is 25.0 Å². The molecule has 7 nitrogen and oxygen atoms in total. The minimum atomic E-state index is -2.58. The van der Waals surface area contributed by atoms with Gasteiger partial charge >= 0.3 is 12.1 Å². The Kier molecular flexibility index (Phi) is 8.22. The third kappa shape index (κ3) is 6.32. The largest absolute Gasteiger partial charge is 0.467 e. The smallest absolute Gasteiger partial charge is 0.408 e. The number of aliphatic hydroxyl groups excluding tert-OH is 2. The van der Waals surface area contributed by atoms with Crippen molar-refractivity contribution >= 4 is 25.3 Å². The van der Waals surface area contributed by atoms with Gasteiger partial charge in [0.05, 0.1) is 27.4 Å². The fraction of sp³-hybridized carbons (Fsp3) is 0.600. The number of hydrogen-bond acceptors (Lipinski definition) is 6. The second-order valence-corrected chi connectivity index (χ2v) is 13.2. The number of benzene rings is 1. The van der Waals surface area contributed by atoms with E-state index in [2.05, 4.69) is 5.32 Å². The van der Waals surface area contributed by atoms with E-state index in [1.54, 1.807) is 20.8 Å². The number of aliphatic hydroxyl groups is 2. The first-order valence-electron chi connectivity index (χ1n) is 9.30. The predicted octanol–water partition coefficient (Wildman–Crippen LogP) is 1.78. The highest BCUT2D eigenvalue weighted by Crippen LogP contribution is 2.32. The number of carbonyl (C=O) groups is 2. The molecule has 1 aromatic rings. The Morgan fingerprint density at radius 1 is 1.11 bits per heavy atom. The lowest BCUT2D eigenvalue weighted by molar-refractivity contribution is -0.144. The lowest BCUT2D eigenvalue weighted by atomic mass is 10.0. The van der Waals surface area contributed by atoms with Gasteiger partial charge in [0.1, 0.15) is 11.6 Å². The zero-order valence-corrected chi connectivity index (χ0v) is 18.7. The molecule has 0 fully saturated rings. The van der Waals surface area contributed by atoms with Crippen LogP contribution in [0.15, 0.2) is 30.3 Å². The SMILES string of the molecule is COC(=O)[C@@H](NC(=O)OC(C)(C)C)[C@@H]([C@H](O)[C@@H](C)O)[Si](C)(C)c1ccccc1. The van der Waals surface area contributed by atoms with E-state index in [9.17, 15) is 19.8 Å². The number of rotatable bonds is 7. The summed E-state index contributed by atoms with van der Waals surface area (Å²) in [6, 6.07) is 8.32. The Hall–Kier alpha value is -1.90. The normalized spacial score (nSPS) is 16.5. The van der Waals surface area contributed by atoms with Crippen LogP contribution in [0.1, 0.15) is 27.7 Å². The zero-order chi connectivity index (χ0) is 21.7. The summed E-state index contributed by atoms with van der Waals surface area (Å²) in [4.78, 5) is 25.0. The van der Waals surface area contributed by atoms with Crippen LogP contribution in [0.25, 0.3) is 0 Å². The number of amides is 1. The minimum Gasteiger partial charge on any atom is -0.467 e. The number of carbonyl (C=O) groups excluding carboxylic acids is 2. The number of alkyl carbamates (subject to hydrolysis) is 1. The Bertz CT molecular complexity index is 656. The molecule has 3 N–H and O–H groups in total. The Morgan fingerprint density at radius 3 is 2.07 bits per heavy atom. The monoisotopic (exact) mass is 411 g/mol. The van der Waals surface area contributed by atoms with E-state index in [1.807, 2.05) is 43.4 Å². The summed E-state index contributed by atoms with van der Waals surface area (Å²) in [5.41, 5.74) is -1.51. The third-order valence-electron chi connectivity index (χ3n) is 4.70. The quantitative estimate of drug-likeness (QED) is 0.467. The molecule has 0 aliphatic carbocycles. The van der Waals surface area contributed by atoms with Crippen molar-refractivity contribution in [2.45, 2.75) is 70.2 Å². The molecule has 0 bridgehead atoms. The van der Waals surface area contributed by atoms with E-state index in [4.69, 9.17) is 9.47 Å². The molecular weight excluding hydrogens is 378 g/mol. The Balaban J connectivity index is 3.40. The number of hydrogen-bond donors (Lipinski definition) is 3. The molecule has 8 heteroatoms. The molecular formula is C20H33NO6Si. The van der Waals surface area contributed by atoms with Crippen molar-refractivity contribution in [3.05, 3.63) is 30.3 Å². The fourth-order valence-corrected chi connectivity index (χ4v) is 6.88. The van der Waals surface area contributed by atoms with Gasteiger partial charge in [-0.05, 0) is 27.7 Å². The predicted molar refractivity (Wildman–Crippen MR) is 110 cm³/mol. The molecule has 0 aliphatic rings. The molecule has 1 rings (SSSR count). The topological polar surface area (TPSA) is 105 Å². The third-order valence-corrected chi connectivity index (χ3v) is 8.86. The lowest BCUT2D eigenvalue weighted by Crippen LogP contribution is -2.62. The maximum atomic E-state index is 12.6. The molecule has 0 heterocycles. The molecule has 0 saturated carbocycles. The van der Waals surface area contributed by atoms with Crippen LogP contribution in [0.2, 0.25) is 18.6 Å². The first-order chi connectivity index (χ1) is 12.8. The summed E-state index contributed by atoms with van der Waals surface area (Å²) >= 11 is 0. The average molecular weight is 412 g/mol. The summed E-state index contributed by atoms with van der Waals surface area (Å²) in [5.74, 6) is -0.702. The second-order valence-electron chi connectivity index (χ2n) is 8.49. The lowest BCUT2D eigenvalue weighted by Gasteiger charge is -2.41. The molecule has 0 aromatic heterocycles. The summed E-state index contributed by atoms with van der Waals surface area (Å²) in [7, 11) is -1.37. The van der Waals surface area contributed by atoms with Crippen LogP contribution in [0.3, 0.4) is 0 Å². The summed E-state index contributed by atoms with van der Waals surface area (Å²) in [6.07, 6.45) is -3.14. The van der Waals surface area contributed by atoms with E-state index < -0.39 is 49.5 Å². The Morgan fingerprint density at radius 2 is 1.64 bits per heavy atom. The van der Waals surface area contributed by atoms with Gasteiger partial charge in [0.25, 0.3) is 0 Å². The van der Waals surface area contributed by atoms with Crippen molar-refractivity contribution in [3.63, 3.8) is 0 Å². The Labute approximate surface area is 168 Å². The van der Waals surface area contributed by atoms with Gasteiger partial charge in [-0.15, -0.1) is 0 Å². The van der Waals surface area contributed by atoms with Crippen molar-refractivity contribution in [2.24, 2.45) is 0 Å². The summed E-state index contributed by atoms with van der Waals surface area (Å²) in [6.45, 7) is 10.5. The molecule has 1 amide bonds. The number of methoxy groups -OCH3 is 1. The van der Waals surface area contributed by atoms with Crippen molar-refractivity contribution in [1.29, 1.82) is 0 Å². The van der Waals surface area contributed by atoms with Crippen LogP contribution in [0.5, 0.6) is 0 Å². The summed E-state index contributed by atoms with van der Waals surface area (Å²) in [5, 5.41) is 24.5. The summed E-state index contributed by atoms with van der Waals surface area (Å²) < 4.78 is 10.2. The van der Waals surface area contributed by atoms with Crippen LogP contribution in [0, 0.1) is 0 Å². The van der Waals surface area contributed by atoms with E-state index in [0.717, 1.165) is 5.19 Å². The fourth-order valence-electron chi connectivity index (χ4n) is 3.26. The van der Waals surface area contributed by atoms with Crippen LogP contribution >= 0.6 is 0 Å². The number of ether oxygens (including phenoxy) is 2. The van der Waals surface area contributed by atoms with Crippen LogP contribution in [-0.4, -0.2) is 61.3 Å². The number of esters is 1. The maximum absolute atomic E-state index is 12.6. The van der Waals surface area contributed by atoms with Gasteiger partial charge in [-0.25, -0.2) is 9.59 Å². The molecule has 4 atom stereocenters. The molecule has 0 aliphatic heterocycles. The standard InChI is InChI=1S/C20H33NO6Si/c1-13(22)16(23)17(28(6,7)14-11-9-8-10-12-14)15(18(24)26-5)21-19(25)27-20(2,3)4/h8-13,15-17,22-23H,1-7H3,(H,21,25)/t13-,15+,16-,17+/m1/s1. The number of nitrogens with one attached hydrogen (secondary N) is 1. The maximum Gasteiger partial charge on any atom is 0.408 e. The van der Waals surface area contributed by atoms with Crippen molar-refractivity contribution in [2.75, 3.05) is 7.11 Å².